The summed E-state index contributed by atoms with van der Waals surface area (Å²) in [6, 6.07) is 4.06. The first kappa shape index (κ1) is 13.9. The molecule has 19 heavy (non-hydrogen) atoms. The van der Waals surface area contributed by atoms with Crippen LogP contribution >= 0.6 is 0 Å². The maximum atomic E-state index is 13.3. The smallest absolute Gasteiger partial charge is 0.224 e. The highest BCUT2D eigenvalue weighted by Crippen LogP contribution is 2.12. The molecule has 2 N–H and O–H groups in total. The van der Waals surface area contributed by atoms with Gasteiger partial charge in [0.05, 0.1) is 6.42 Å². The standard InChI is InChI=1S/C14H18F2N2O/c15-12-4-1-5-13(16)11(12)9-14(19)18-8-6-10-3-2-7-17-10/h1,4-5,10,17H,2-3,6-9H2,(H,18,19). The van der Waals surface area contributed by atoms with Crippen molar-refractivity contribution >= 4 is 5.91 Å². The van der Waals surface area contributed by atoms with Crippen molar-refractivity contribution in [1.82, 2.24) is 10.6 Å². The second-order valence-electron chi connectivity index (χ2n) is 4.81. The Kier molecular flexibility index (Phi) is 4.85. The molecule has 2 rings (SSSR count). The van der Waals surface area contributed by atoms with Gasteiger partial charge in [-0.1, -0.05) is 6.07 Å². The average molecular weight is 268 g/mol. The van der Waals surface area contributed by atoms with Crippen molar-refractivity contribution in [2.45, 2.75) is 31.7 Å². The van der Waals surface area contributed by atoms with Crippen LogP contribution in [0.4, 0.5) is 8.78 Å². The second-order valence-corrected chi connectivity index (χ2v) is 4.81. The molecule has 1 saturated heterocycles. The number of benzene rings is 1. The summed E-state index contributed by atoms with van der Waals surface area (Å²) in [4.78, 5) is 11.6. The van der Waals surface area contributed by atoms with Crippen molar-refractivity contribution in [3.05, 3.63) is 35.4 Å². The van der Waals surface area contributed by atoms with E-state index in [2.05, 4.69) is 10.6 Å². The molecule has 1 aromatic rings. The molecule has 1 fully saturated rings. The molecule has 0 saturated carbocycles. The Labute approximate surface area is 111 Å². The number of rotatable bonds is 5. The Hall–Kier alpha value is -1.49. The van der Waals surface area contributed by atoms with E-state index in [4.69, 9.17) is 0 Å². The van der Waals surface area contributed by atoms with Crippen molar-refractivity contribution < 1.29 is 13.6 Å². The lowest BCUT2D eigenvalue weighted by atomic mass is 10.1. The average Bonchev–Trinajstić information content (AvgIpc) is 2.87. The minimum Gasteiger partial charge on any atom is -0.356 e. The van der Waals surface area contributed by atoms with Gasteiger partial charge in [0.25, 0.3) is 0 Å². The molecule has 0 bridgehead atoms. The van der Waals surface area contributed by atoms with Crippen LogP contribution in [0.15, 0.2) is 18.2 Å². The van der Waals surface area contributed by atoms with E-state index in [9.17, 15) is 13.6 Å². The fraction of sp³-hybridized carbons (Fsp3) is 0.500. The predicted molar refractivity (Wildman–Crippen MR) is 68.7 cm³/mol. The molecular weight excluding hydrogens is 250 g/mol. The predicted octanol–water partition coefficient (Wildman–Crippen LogP) is 1.77. The maximum absolute atomic E-state index is 13.3. The highest BCUT2D eigenvalue weighted by molar-refractivity contribution is 5.78. The number of hydrogen-bond donors (Lipinski definition) is 2. The first-order chi connectivity index (χ1) is 9.16. The maximum Gasteiger partial charge on any atom is 0.224 e. The van der Waals surface area contributed by atoms with Crippen LogP contribution in [0.3, 0.4) is 0 Å². The van der Waals surface area contributed by atoms with Gasteiger partial charge < -0.3 is 10.6 Å². The molecule has 0 aromatic heterocycles. The number of halogens is 2. The summed E-state index contributed by atoms with van der Waals surface area (Å²) < 4.78 is 26.7. The van der Waals surface area contributed by atoms with Crippen molar-refractivity contribution in [1.29, 1.82) is 0 Å². The zero-order valence-electron chi connectivity index (χ0n) is 10.7. The zero-order valence-corrected chi connectivity index (χ0v) is 10.7. The first-order valence-electron chi connectivity index (χ1n) is 6.60. The van der Waals surface area contributed by atoms with E-state index in [1.165, 1.54) is 12.5 Å². The van der Waals surface area contributed by atoms with Crippen LogP contribution in [0.2, 0.25) is 0 Å². The summed E-state index contributed by atoms with van der Waals surface area (Å²) in [5.41, 5.74) is -0.168. The molecule has 1 aliphatic rings. The van der Waals surface area contributed by atoms with Gasteiger partial charge in [-0.25, -0.2) is 8.78 Å². The number of hydrogen-bond acceptors (Lipinski definition) is 2. The van der Waals surface area contributed by atoms with Crippen LogP contribution < -0.4 is 10.6 Å². The number of carbonyl (C=O) groups is 1. The Morgan fingerprint density at radius 2 is 2.11 bits per heavy atom. The summed E-state index contributed by atoms with van der Waals surface area (Å²) in [5, 5.41) is 6.03. The van der Waals surface area contributed by atoms with E-state index in [0.29, 0.717) is 12.6 Å². The minimum atomic E-state index is -0.674. The van der Waals surface area contributed by atoms with E-state index in [1.54, 1.807) is 0 Å². The van der Waals surface area contributed by atoms with E-state index >= 15 is 0 Å². The van der Waals surface area contributed by atoms with Gasteiger partial charge in [0, 0.05) is 18.2 Å². The normalized spacial score (nSPS) is 18.5. The SMILES string of the molecule is O=C(Cc1c(F)cccc1F)NCCC1CCCN1. The Balaban J connectivity index is 1.77. The van der Waals surface area contributed by atoms with E-state index in [0.717, 1.165) is 31.5 Å². The second kappa shape index (κ2) is 6.61. The van der Waals surface area contributed by atoms with E-state index in [1.807, 2.05) is 0 Å². The third-order valence-corrected chi connectivity index (χ3v) is 3.38. The van der Waals surface area contributed by atoms with Gasteiger partial charge in [0.15, 0.2) is 0 Å². The molecule has 0 spiro atoms. The first-order valence-corrected chi connectivity index (χ1v) is 6.60. The monoisotopic (exact) mass is 268 g/mol. The van der Waals surface area contributed by atoms with E-state index < -0.39 is 11.6 Å². The lowest BCUT2D eigenvalue weighted by Gasteiger charge is -2.11. The van der Waals surface area contributed by atoms with Gasteiger partial charge in [-0.3, -0.25) is 4.79 Å². The summed E-state index contributed by atoms with van der Waals surface area (Å²) in [6.07, 6.45) is 2.89. The molecule has 0 aliphatic carbocycles. The third kappa shape index (κ3) is 3.99. The van der Waals surface area contributed by atoms with Crippen molar-refractivity contribution in [3.8, 4) is 0 Å². The third-order valence-electron chi connectivity index (χ3n) is 3.38. The van der Waals surface area contributed by atoms with Crippen LogP contribution in [-0.4, -0.2) is 25.0 Å². The van der Waals surface area contributed by atoms with Gasteiger partial charge in [0.1, 0.15) is 11.6 Å². The van der Waals surface area contributed by atoms with Crippen LogP contribution in [-0.2, 0) is 11.2 Å². The van der Waals surface area contributed by atoms with Gasteiger partial charge in [-0.05, 0) is 37.9 Å². The van der Waals surface area contributed by atoms with Crippen LogP contribution in [0, 0.1) is 11.6 Å². The minimum absolute atomic E-state index is 0.168. The van der Waals surface area contributed by atoms with Gasteiger partial charge in [0.2, 0.25) is 5.91 Å². The van der Waals surface area contributed by atoms with Gasteiger partial charge in [-0.15, -0.1) is 0 Å². The molecule has 1 aromatic carbocycles. The molecule has 0 radical (unpaired) electrons. The molecule has 1 atom stereocenters. The molecule has 1 aliphatic heterocycles. The fourth-order valence-electron chi connectivity index (χ4n) is 2.31. The van der Waals surface area contributed by atoms with Crippen molar-refractivity contribution in [2.24, 2.45) is 0 Å². The largest absolute Gasteiger partial charge is 0.356 e. The van der Waals surface area contributed by atoms with Crippen LogP contribution in [0.25, 0.3) is 0 Å². The lowest BCUT2D eigenvalue weighted by molar-refractivity contribution is -0.120. The zero-order chi connectivity index (χ0) is 13.7. The molecule has 1 unspecified atom stereocenters. The molecular formula is C14H18F2N2O. The highest BCUT2D eigenvalue weighted by Gasteiger charge is 2.15. The van der Waals surface area contributed by atoms with Gasteiger partial charge >= 0.3 is 0 Å². The molecule has 1 heterocycles. The van der Waals surface area contributed by atoms with Crippen LogP contribution in [0.1, 0.15) is 24.8 Å². The summed E-state index contributed by atoms with van der Waals surface area (Å²) >= 11 is 0. The molecule has 3 nitrogen and oxygen atoms in total. The number of nitrogens with one attached hydrogen (secondary N) is 2. The van der Waals surface area contributed by atoms with Crippen LogP contribution in [0.5, 0.6) is 0 Å². The Morgan fingerprint density at radius 3 is 2.74 bits per heavy atom. The Morgan fingerprint density at radius 1 is 1.37 bits per heavy atom. The fourth-order valence-corrected chi connectivity index (χ4v) is 2.31. The quantitative estimate of drug-likeness (QED) is 0.854. The summed E-state index contributed by atoms with van der Waals surface area (Å²) in [5.74, 6) is -1.69. The Bertz CT molecular complexity index is 425. The summed E-state index contributed by atoms with van der Waals surface area (Å²) in [7, 11) is 0. The number of carbonyl (C=O) groups excluding carboxylic acids is 1. The van der Waals surface area contributed by atoms with E-state index in [-0.39, 0.29) is 17.9 Å². The molecule has 1 amide bonds. The molecule has 104 valence electrons. The molecule has 5 heteroatoms. The van der Waals surface area contributed by atoms with Gasteiger partial charge in [-0.2, -0.15) is 0 Å². The van der Waals surface area contributed by atoms with Crippen molar-refractivity contribution in [2.75, 3.05) is 13.1 Å². The number of amides is 1. The van der Waals surface area contributed by atoms with Crippen molar-refractivity contribution in [3.63, 3.8) is 0 Å². The highest BCUT2D eigenvalue weighted by atomic mass is 19.1. The topological polar surface area (TPSA) is 41.1 Å². The summed E-state index contributed by atoms with van der Waals surface area (Å²) in [6.45, 7) is 1.56. The lowest BCUT2D eigenvalue weighted by Crippen LogP contribution is -2.31.